The van der Waals surface area contributed by atoms with Crippen molar-refractivity contribution in [3.8, 4) is 0 Å². The van der Waals surface area contributed by atoms with Gasteiger partial charge < -0.3 is 5.11 Å². The summed E-state index contributed by atoms with van der Waals surface area (Å²) in [4.78, 5) is 14.5. The fourth-order valence-corrected chi connectivity index (χ4v) is 2.38. The SMILES string of the molecule is Cc1cc(SCCC(=O)O)n2ncnc2c1. The lowest BCUT2D eigenvalue weighted by molar-refractivity contribution is -0.136. The summed E-state index contributed by atoms with van der Waals surface area (Å²) < 4.78 is 1.72. The van der Waals surface area contributed by atoms with Gasteiger partial charge in [0.25, 0.3) is 0 Å². The molecular weight excluding hydrogens is 226 g/mol. The summed E-state index contributed by atoms with van der Waals surface area (Å²) in [5, 5.41) is 13.6. The molecule has 6 heteroatoms. The Morgan fingerprint density at radius 2 is 2.38 bits per heavy atom. The molecule has 2 rings (SSSR count). The first kappa shape index (κ1) is 10.9. The molecule has 2 aromatic rings. The average Bonchev–Trinajstić information content (AvgIpc) is 2.64. The predicted octanol–water partition coefficient (Wildman–Crippen LogP) is 1.60. The standard InChI is InChI=1S/C10H11N3O2S/c1-7-4-8-11-6-12-13(8)9(5-7)16-3-2-10(14)15/h4-6H,2-3H2,1H3,(H,14,15). The van der Waals surface area contributed by atoms with Gasteiger partial charge in [-0.25, -0.2) is 9.50 Å². The monoisotopic (exact) mass is 237 g/mol. The summed E-state index contributed by atoms with van der Waals surface area (Å²) >= 11 is 1.48. The average molecular weight is 237 g/mol. The number of aliphatic carboxylic acids is 1. The number of aryl methyl sites for hydroxylation is 1. The maximum absolute atomic E-state index is 10.4. The molecule has 0 saturated carbocycles. The van der Waals surface area contributed by atoms with Crippen molar-refractivity contribution in [2.45, 2.75) is 18.4 Å². The van der Waals surface area contributed by atoms with Crippen molar-refractivity contribution in [3.63, 3.8) is 0 Å². The molecule has 0 amide bonds. The number of nitrogens with zero attached hydrogens (tertiary/aromatic N) is 3. The van der Waals surface area contributed by atoms with E-state index in [0.717, 1.165) is 16.2 Å². The maximum Gasteiger partial charge on any atom is 0.304 e. The first-order chi connectivity index (χ1) is 7.66. The van der Waals surface area contributed by atoms with Crippen LogP contribution in [0.3, 0.4) is 0 Å². The van der Waals surface area contributed by atoms with E-state index in [9.17, 15) is 4.79 Å². The summed E-state index contributed by atoms with van der Waals surface area (Å²) in [5.41, 5.74) is 1.89. The second-order valence-electron chi connectivity index (χ2n) is 3.39. The molecule has 0 spiro atoms. The minimum Gasteiger partial charge on any atom is -0.481 e. The molecule has 0 aromatic carbocycles. The van der Waals surface area contributed by atoms with Gasteiger partial charge in [0.2, 0.25) is 0 Å². The molecule has 2 heterocycles. The van der Waals surface area contributed by atoms with Gasteiger partial charge in [0, 0.05) is 5.75 Å². The van der Waals surface area contributed by atoms with Crippen LogP contribution in [0.5, 0.6) is 0 Å². The smallest absolute Gasteiger partial charge is 0.304 e. The van der Waals surface area contributed by atoms with E-state index in [1.54, 1.807) is 4.52 Å². The van der Waals surface area contributed by atoms with Crippen molar-refractivity contribution in [1.29, 1.82) is 0 Å². The van der Waals surface area contributed by atoms with Crippen molar-refractivity contribution < 1.29 is 9.90 Å². The van der Waals surface area contributed by atoms with Crippen LogP contribution in [-0.2, 0) is 4.79 Å². The lowest BCUT2D eigenvalue weighted by Gasteiger charge is -2.04. The Morgan fingerprint density at radius 1 is 1.56 bits per heavy atom. The molecule has 16 heavy (non-hydrogen) atoms. The molecule has 5 nitrogen and oxygen atoms in total. The minimum absolute atomic E-state index is 0.148. The fraction of sp³-hybridized carbons (Fsp3) is 0.300. The summed E-state index contributed by atoms with van der Waals surface area (Å²) in [6, 6.07) is 3.92. The molecule has 0 fully saturated rings. The minimum atomic E-state index is -0.782. The van der Waals surface area contributed by atoms with Crippen molar-refractivity contribution in [3.05, 3.63) is 24.0 Å². The number of thioether (sulfide) groups is 1. The number of carboxylic acid groups (broad SMARTS) is 1. The highest BCUT2D eigenvalue weighted by Crippen LogP contribution is 2.20. The third-order valence-corrected chi connectivity index (χ3v) is 3.05. The van der Waals surface area contributed by atoms with Gasteiger partial charge in [0.05, 0.1) is 6.42 Å². The van der Waals surface area contributed by atoms with E-state index in [2.05, 4.69) is 10.1 Å². The van der Waals surface area contributed by atoms with E-state index < -0.39 is 5.97 Å². The van der Waals surface area contributed by atoms with Crippen LogP contribution in [0.25, 0.3) is 5.65 Å². The van der Waals surface area contributed by atoms with Gasteiger partial charge in [0.1, 0.15) is 11.4 Å². The van der Waals surface area contributed by atoms with Crippen LogP contribution in [0.4, 0.5) is 0 Å². The number of aromatic nitrogens is 3. The van der Waals surface area contributed by atoms with Crippen LogP contribution in [0.2, 0.25) is 0 Å². The number of pyridine rings is 1. The summed E-state index contributed by atoms with van der Waals surface area (Å²) in [5.74, 6) is -0.247. The van der Waals surface area contributed by atoms with Gasteiger partial charge >= 0.3 is 5.97 Å². The highest BCUT2D eigenvalue weighted by molar-refractivity contribution is 7.99. The molecule has 2 aromatic heterocycles. The molecule has 0 bridgehead atoms. The molecule has 0 unspecified atom stereocenters. The molecular formula is C10H11N3O2S. The topological polar surface area (TPSA) is 67.5 Å². The number of hydrogen-bond donors (Lipinski definition) is 1. The summed E-state index contributed by atoms with van der Waals surface area (Å²) in [6.45, 7) is 1.98. The third-order valence-electron chi connectivity index (χ3n) is 2.06. The molecule has 0 aliphatic carbocycles. The number of carboxylic acids is 1. The van der Waals surface area contributed by atoms with Crippen LogP contribution in [0.1, 0.15) is 12.0 Å². The van der Waals surface area contributed by atoms with Crippen LogP contribution < -0.4 is 0 Å². The third kappa shape index (κ3) is 2.33. The maximum atomic E-state index is 10.4. The van der Waals surface area contributed by atoms with Gasteiger partial charge in [-0.05, 0) is 24.6 Å². The van der Waals surface area contributed by atoms with Gasteiger partial charge in [-0.1, -0.05) is 0 Å². The zero-order chi connectivity index (χ0) is 11.5. The zero-order valence-electron chi connectivity index (χ0n) is 8.75. The Bertz CT molecular complexity index is 524. The van der Waals surface area contributed by atoms with Crippen LogP contribution in [0.15, 0.2) is 23.5 Å². The Hall–Kier alpha value is -1.56. The van der Waals surface area contributed by atoms with Crippen LogP contribution in [0, 0.1) is 6.92 Å². The molecule has 0 saturated heterocycles. The van der Waals surface area contributed by atoms with Crippen molar-refractivity contribution >= 4 is 23.4 Å². The van der Waals surface area contributed by atoms with E-state index >= 15 is 0 Å². The van der Waals surface area contributed by atoms with Crippen LogP contribution >= 0.6 is 11.8 Å². The Kier molecular flexibility index (Phi) is 3.09. The molecule has 1 N–H and O–H groups in total. The molecule has 0 aliphatic heterocycles. The van der Waals surface area contributed by atoms with Crippen LogP contribution in [-0.4, -0.2) is 31.4 Å². The number of fused-ring (bicyclic) bond motifs is 1. The molecule has 0 radical (unpaired) electrons. The second-order valence-corrected chi connectivity index (χ2v) is 4.51. The van der Waals surface area contributed by atoms with E-state index in [1.165, 1.54) is 18.1 Å². The summed E-state index contributed by atoms with van der Waals surface area (Å²) in [6.07, 6.45) is 1.64. The van der Waals surface area contributed by atoms with E-state index in [-0.39, 0.29) is 6.42 Å². The Labute approximate surface area is 96.5 Å². The quantitative estimate of drug-likeness (QED) is 0.818. The van der Waals surface area contributed by atoms with Crippen molar-refractivity contribution in [1.82, 2.24) is 14.6 Å². The summed E-state index contributed by atoms with van der Waals surface area (Å²) in [7, 11) is 0. The largest absolute Gasteiger partial charge is 0.481 e. The zero-order valence-corrected chi connectivity index (χ0v) is 9.57. The van der Waals surface area contributed by atoms with Crippen molar-refractivity contribution in [2.75, 3.05) is 5.75 Å². The molecule has 0 atom stereocenters. The van der Waals surface area contributed by atoms with E-state index in [4.69, 9.17) is 5.11 Å². The first-order valence-electron chi connectivity index (χ1n) is 4.82. The Balaban J connectivity index is 2.22. The van der Waals surface area contributed by atoms with Gasteiger partial charge in [-0.15, -0.1) is 11.8 Å². The van der Waals surface area contributed by atoms with E-state index in [0.29, 0.717) is 5.75 Å². The fourth-order valence-electron chi connectivity index (χ4n) is 1.37. The molecule has 84 valence electrons. The first-order valence-corrected chi connectivity index (χ1v) is 5.80. The molecule has 0 aliphatic rings. The van der Waals surface area contributed by atoms with Gasteiger partial charge in [0.15, 0.2) is 5.65 Å². The second kappa shape index (κ2) is 4.52. The van der Waals surface area contributed by atoms with Gasteiger partial charge in [-0.3, -0.25) is 4.79 Å². The normalized spacial score (nSPS) is 10.8. The lowest BCUT2D eigenvalue weighted by Crippen LogP contribution is -1.98. The lowest BCUT2D eigenvalue weighted by atomic mass is 10.3. The van der Waals surface area contributed by atoms with E-state index in [1.807, 2.05) is 19.1 Å². The predicted molar refractivity (Wildman–Crippen MR) is 60.7 cm³/mol. The van der Waals surface area contributed by atoms with Gasteiger partial charge in [-0.2, -0.15) is 5.10 Å². The number of carbonyl (C=O) groups is 1. The highest BCUT2D eigenvalue weighted by atomic mass is 32.2. The highest BCUT2D eigenvalue weighted by Gasteiger charge is 2.05. The number of hydrogen-bond acceptors (Lipinski definition) is 4. The number of rotatable bonds is 4. The Morgan fingerprint density at radius 3 is 3.12 bits per heavy atom. The van der Waals surface area contributed by atoms with Crippen molar-refractivity contribution in [2.24, 2.45) is 0 Å².